The molecule has 1 N–H and O–H groups in total. The zero-order chi connectivity index (χ0) is 28.3. The fraction of sp³-hybridized carbons (Fsp3) is 0.417. The number of hydrogen-bond donors (Lipinski definition) is 1. The average molecular weight is 627 g/mol. The normalized spacial score (nSPS) is 13.1. The molecule has 0 heterocycles. The first-order chi connectivity index (χ1) is 16.8. The zero-order valence-corrected chi connectivity index (χ0v) is 24.0. The lowest BCUT2D eigenvalue weighted by atomic mass is 10.1. The maximum Gasteiger partial charge on any atom is 0.417 e. The maximum absolute atomic E-state index is 13.5. The van der Waals surface area contributed by atoms with Crippen molar-refractivity contribution in [2.45, 2.75) is 52.0 Å². The number of sulfonamides is 1. The van der Waals surface area contributed by atoms with Crippen molar-refractivity contribution in [3.05, 3.63) is 63.1 Å². The van der Waals surface area contributed by atoms with Crippen LogP contribution in [0.3, 0.4) is 0 Å². The summed E-state index contributed by atoms with van der Waals surface area (Å²) in [6.45, 7) is 5.92. The van der Waals surface area contributed by atoms with Crippen molar-refractivity contribution in [1.29, 1.82) is 0 Å². The SMILES string of the molecule is C[C@@H](C(=O)NC(C)(C)C)N(Cc1ccc(Br)cc1)C(=O)CN(c1ccc(Cl)c(C(F)(F)F)c1)S(C)(=O)=O. The van der Waals surface area contributed by atoms with E-state index in [0.29, 0.717) is 15.9 Å². The number of hydrogen-bond acceptors (Lipinski definition) is 4. The van der Waals surface area contributed by atoms with E-state index in [1.807, 2.05) is 0 Å². The van der Waals surface area contributed by atoms with Crippen LogP contribution in [0.4, 0.5) is 18.9 Å². The van der Waals surface area contributed by atoms with E-state index in [0.717, 1.165) is 22.9 Å². The molecule has 2 aromatic rings. The minimum absolute atomic E-state index is 0.0448. The zero-order valence-electron chi connectivity index (χ0n) is 20.9. The van der Waals surface area contributed by atoms with Gasteiger partial charge in [0.25, 0.3) is 0 Å². The van der Waals surface area contributed by atoms with E-state index < -0.39 is 56.7 Å². The van der Waals surface area contributed by atoms with Gasteiger partial charge in [-0.3, -0.25) is 13.9 Å². The van der Waals surface area contributed by atoms with Gasteiger partial charge in [0.15, 0.2) is 0 Å². The lowest BCUT2D eigenvalue weighted by Crippen LogP contribution is -2.54. The van der Waals surface area contributed by atoms with Crippen LogP contribution in [0.25, 0.3) is 0 Å². The molecule has 0 saturated carbocycles. The molecule has 0 fully saturated rings. The number of alkyl halides is 3. The van der Waals surface area contributed by atoms with Crippen LogP contribution >= 0.6 is 27.5 Å². The van der Waals surface area contributed by atoms with Gasteiger partial charge in [0.2, 0.25) is 21.8 Å². The monoisotopic (exact) mass is 625 g/mol. The molecule has 0 unspecified atom stereocenters. The summed E-state index contributed by atoms with van der Waals surface area (Å²) in [6.07, 6.45) is -4.07. The second-order valence-electron chi connectivity index (χ2n) is 9.49. The molecular formula is C24H28BrClF3N3O4S. The highest BCUT2D eigenvalue weighted by Crippen LogP contribution is 2.37. The number of halogens is 5. The molecule has 13 heteroatoms. The third-order valence-corrected chi connectivity index (χ3v) is 7.15. The van der Waals surface area contributed by atoms with E-state index in [4.69, 9.17) is 11.6 Å². The van der Waals surface area contributed by atoms with Crippen molar-refractivity contribution in [1.82, 2.24) is 10.2 Å². The van der Waals surface area contributed by atoms with Crippen molar-refractivity contribution < 1.29 is 31.2 Å². The number of nitrogens with one attached hydrogen (secondary N) is 1. The Morgan fingerprint density at radius 2 is 1.65 bits per heavy atom. The molecule has 0 radical (unpaired) electrons. The van der Waals surface area contributed by atoms with Crippen LogP contribution in [0, 0.1) is 0 Å². The quantitative estimate of drug-likeness (QED) is 0.436. The number of amides is 2. The molecule has 0 saturated heterocycles. The molecule has 7 nitrogen and oxygen atoms in total. The largest absolute Gasteiger partial charge is 0.417 e. The Morgan fingerprint density at radius 1 is 1.08 bits per heavy atom. The number of carbonyl (C=O) groups excluding carboxylic acids is 2. The standard InChI is InChI=1S/C24H28BrClF3N3O4S/c1-15(22(34)30-23(2,3)4)31(13-16-6-8-17(25)9-7-16)21(33)14-32(37(5,35)36)18-10-11-20(26)19(12-18)24(27,28)29/h6-12,15H,13-14H2,1-5H3,(H,30,34)/t15-/m0/s1. The summed E-state index contributed by atoms with van der Waals surface area (Å²) in [5, 5.41) is 2.17. The van der Waals surface area contributed by atoms with Crippen LogP contribution < -0.4 is 9.62 Å². The molecule has 0 aliphatic carbocycles. The topological polar surface area (TPSA) is 86.8 Å². The second-order valence-corrected chi connectivity index (χ2v) is 12.7. The predicted octanol–water partition coefficient (Wildman–Crippen LogP) is 5.22. The summed E-state index contributed by atoms with van der Waals surface area (Å²) in [7, 11) is -4.21. The smallest absolute Gasteiger partial charge is 0.350 e. The first-order valence-corrected chi connectivity index (χ1v) is 14.0. The number of nitrogens with zero attached hydrogens (tertiary/aromatic N) is 2. The third kappa shape index (κ3) is 8.89. The Bertz CT molecular complexity index is 1250. The van der Waals surface area contributed by atoms with Crippen LogP contribution in [-0.2, 0) is 32.3 Å². The number of carbonyl (C=O) groups is 2. The highest BCUT2D eigenvalue weighted by atomic mass is 79.9. The van der Waals surface area contributed by atoms with Crippen molar-refractivity contribution >= 4 is 55.1 Å². The average Bonchev–Trinajstić information content (AvgIpc) is 2.74. The van der Waals surface area contributed by atoms with E-state index in [1.54, 1.807) is 45.0 Å². The van der Waals surface area contributed by atoms with E-state index in [-0.39, 0.29) is 12.2 Å². The predicted molar refractivity (Wildman–Crippen MR) is 141 cm³/mol. The molecule has 2 aromatic carbocycles. The summed E-state index contributed by atoms with van der Waals surface area (Å²) >= 11 is 9.00. The summed E-state index contributed by atoms with van der Waals surface area (Å²) in [5.41, 5.74) is -1.57. The second kappa shape index (κ2) is 11.6. The molecule has 2 rings (SSSR count). The van der Waals surface area contributed by atoms with Crippen LogP contribution in [0.5, 0.6) is 0 Å². The first kappa shape index (κ1) is 30.9. The third-order valence-electron chi connectivity index (χ3n) is 5.15. The van der Waals surface area contributed by atoms with Crippen LogP contribution in [0.1, 0.15) is 38.8 Å². The number of anilines is 1. The van der Waals surface area contributed by atoms with Gasteiger partial charge in [0.1, 0.15) is 12.6 Å². The Hall–Kier alpha value is -2.31. The molecular weight excluding hydrogens is 599 g/mol. The highest BCUT2D eigenvalue weighted by molar-refractivity contribution is 9.10. The van der Waals surface area contributed by atoms with Crippen molar-refractivity contribution in [2.24, 2.45) is 0 Å². The van der Waals surface area contributed by atoms with Gasteiger partial charge >= 0.3 is 6.18 Å². The fourth-order valence-electron chi connectivity index (χ4n) is 3.34. The minimum Gasteiger partial charge on any atom is -0.350 e. The van der Waals surface area contributed by atoms with Crippen LogP contribution in [0.15, 0.2) is 46.9 Å². The number of benzene rings is 2. The van der Waals surface area contributed by atoms with Gasteiger partial charge in [-0.25, -0.2) is 8.42 Å². The van der Waals surface area contributed by atoms with E-state index >= 15 is 0 Å². The lowest BCUT2D eigenvalue weighted by molar-refractivity contribution is -0.140. The summed E-state index contributed by atoms with van der Waals surface area (Å²) in [5.74, 6) is -1.26. The van der Waals surface area contributed by atoms with Crippen molar-refractivity contribution in [3.63, 3.8) is 0 Å². The van der Waals surface area contributed by atoms with Gasteiger partial charge in [-0.1, -0.05) is 39.7 Å². The van der Waals surface area contributed by atoms with Crippen LogP contribution in [0.2, 0.25) is 5.02 Å². The first-order valence-electron chi connectivity index (χ1n) is 11.0. The summed E-state index contributed by atoms with van der Waals surface area (Å²) in [6, 6.07) is 8.49. The van der Waals surface area contributed by atoms with E-state index in [9.17, 15) is 31.2 Å². The molecule has 2 amide bonds. The summed E-state index contributed by atoms with van der Waals surface area (Å²) < 4.78 is 66.7. The van der Waals surface area contributed by atoms with Gasteiger partial charge in [0, 0.05) is 16.6 Å². The van der Waals surface area contributed by atoms with Gasteiger partial charge in [-0.2, -0.15) is 13.2 Å². The number of rotatable bonds is 8. The Balaban J connectivity index is 2.49. The molecule has 204 valence electrons. The van der Waals surface area contributed by atoms with Crippen molar-refractivity contribution in [2.75, 3.05) is 17.1 Å². The molecule has 0 aromatic heterocycles. The van der Waals surface area contributed by atoms with E-state index in [1.165, 1.54) is 11.8 Å². The minimum atomic E-state index is -4.84. The molecule has 37 heavy (non-hydrogen) atoms. The van der Waals surface area contributed by atoms with Crippen LogP contribution in [-0.4, -0.2) is 49.5 Å². The fourth-order valence-corrected chi connectivity index (χ4v) is 4.67. The van der Waals surface area contributed by atoms with Crippen molar-refractivity contribution in [3.8, 4) is 0 Å². The van der Waals surface area contributed by atoms with Gasteiger partial charge < -0.3 is 10.2 Å². The van der Waals surface area contributed by atoms with Gasteiger partial charge in [-0.15, -0.1) is 0 Å². The van der Waals surface area contributed by atoms with Gasteiger partial charge in [-0.05, 0) is 63.6 Å². The molecule has 1 atom stereocenters. The van der Waals surface area contributed by atoms with E-state index in [2.05, 4.69) is 21.2 Å². The molecule has 0 bridgehead atoms. The Morgan fingerprint density at radius 3 is 2.14 bits per heavy atom. The molecule has 0 spiro atoms. The highest BCUT2D eigenvalue weighted by Gasteiger charge is 2.36. The molecule has 0 aliphatic rings. The Labute approximate surface area is 228 Å². The maximum atomic E-state index is 13.5. The Kier molecular flexibility index (Phi) is 9.70. The van der Waals surface area contributed by atoms with Gasteiger partial charge in [0.05, 0.1) is 22.5 Å². The molecule has 0 aliphatic heterocycles. The summed E-state index contributed by atoms with van der Waals surface area (Å²) in [4.78, 5) is 27.6. The lowest BCUT2D eigenvalue weighted by Gasteiger charge is -2.33.